The van der Waals surface area contributed by atoms with Gasteiger partial charge in [-0.05, 0) is 49.7 Å². The van der Waals surface area contributed by atoms with E-state index in [2.05, 4.69) is 10.3 Å². The van der Waals surface area contributed by atoms with Gasteiger partial charge in [0, 0.05) is 22.3 Å². The van der Waals surface area contributed by atoms with Gasteiger partial charge in [-0.15, -0.1) is 0 Å². The quantitative estimate of drug-likeness (QED) is 0.531. The smallest absolute Gasteiger partial charge is 0.335 e. The number of ether oxygens (including phenoxy) is 1. The zero-order valence-electron chi connectivity index (χ0n) is 16.2. The molecule has 3 N–H and O–H groups in total. The fraction of sp³-hybridized carbons (Fsp3) is 0.227. The summed E-state index contributed by atoms with van der Waals surface area (Å²) >= 11 is 0. The maximum Gasteiger partial charge on any atom is 0.335 e. The summed E-state index contributed by atoms with van der Waals surface area (Å²) < 4.78 is 5.23. The van der Waals surface area contributed by atoms with Gasteiger partial charge in [0.15, 0.2) is 0 Å². The molecule has 0 fully saturated rings. The number of amides is 1. The van der Waals surface area contributed by atoms with Crippen LogP contribution in [0.2, 0.25) is 0 Å². The number of benzene rings is 2. The van der Waals surface area contributed by atoms with Crippen molar-refractivity contribution >= 4 is 34.4 Å². The Kier molecular flexibility index (Phi) is 5.97. The van der Waals surface area contributed by atoms with Gasteiger partial charge in [0.1, 0.15) is 0 Å². The topological polar surface area (TPSA) is 108 Å². The predicted molar refractivity (Wildman–Crippen MR) is 109 cm³/mol. The lowest BCUT2D eigenvalue weighted by Crippen LogP contribution is -2.17. The second-order valence-electron chi connectivity index (χ2n) is 6.95. The number of hydrogen-bond donors (Lipinski definition) is 3. The Morgan fingerprint density at radius 1 is 1.03 bits per heavy atom. The maximum atomic E-state index is 12.6. The van der Waals surface area contributed by atoms with E-state index >= 15 is 0 Å². The van der Waals surface area contributed by atoms with Crippen LogP contribution in [0.5, 0.6) is 0 Å². The van der Waals surface area contributed by atoms with E-state index in [1.54, 1.807) is 13.8 Å². The van der Waals surface area contributed by atoms with Gasteiger partial charge >= 0.3 is 11.9 Å². The SMILES string of the molecule is CC(C)OC(=O)Cc1[nH]c2ccccc2c1CC(=O)Nc1ccc(C(=O)O)cc1. The minimum absolute atomic E-state index is 0.0444. The van der Waals surface area contributed by atoms with E-state index in [0.29, 0.717) is 11.4 Å². The number of carboxylic acids is 1. The Hall–Kier alpha value is -3.61. The van der Waals surface area contributed by atoms with Crippen molar-refractivity contribution in [2.75, 3.05) is 5.32 Å². The fourth-order valence-corrected chi connectivity index (χ4v) is 3.12. The van der Waals surface area contributed by atoms with Gasteiger partial charge in [-0.2, -0.15) is 0 Å². The summed E-state index contributed by atoms with van der Waals surface area (Å²) in [5, 5.41) is 12.6. The summed E-state index contributed by atoms with van der Waals surface area (Å²) in [5.41, 5.74) is 2.87. The summed E-state index contributed by atoms with van der Waals surface area (Å²) in [6.07, 6.45) is -0.106. The molecule has 3 aromatic rings. The molecule has 29 heavy (non-hydrogen) atoms. The molecule has 0 saturated carbocycles. The van der Waals surface area contributed by atoms with Crippen LogP contribution in [0.4, 0.5) is 5.69 Å². The number of nitrogens with one attached hydrogen (secondary N) is 2. The molecule has 2 aromatic carbocycles. The third-order valence-electron chi connectivity index (χ3n) is 4.34. The zero-order chi connectivity index (χ0) is 21.0. The highest BCUT2D eigenvalue weighted by Gasteiger charge is 2.18. The number of hydrogen-bond acceptors (Lipinski definition) is 4. The van der Waals surface area contributed by atoms with Gasteiger partial charge in [0.2, 0.25) is 5.91 Å². The van der Waals surface area contributed by atoms with Crippen LogP contribution in [0.3, 0.4) is 0 Å². The van der Waals surface area contributed by atoms with Crippen LogP contribution in [-0.2, 0) is 27.2 Å². The number of aromatic carboxylic acids is 1. The first-order valence-corrected chi connectivity index (χ1v) is 9.24. The van der Waals surface area contributed by atoms with Crippen LogP contribution in [0.25, 0.3) is 10.9 Å². The molecule has 150 valence electrons. The highest BCUT2D eigenvalue weighted by Crippen LogP contribution is 2.24. The third kappa shape index (κ3) is 5.01. The number of fused-ring (bicyclic) bond motifs is 1. The number of para-hydroxylation sites is 1. The molecule has 0 aliphatic heterocycles. The average molecular weight is 394 g/mol. The van der Waals surface area contributed by atoms with E-state index in [1.165, 1.54) is 24.3 Å². The standard InChI is InChI=1S/C22H22N2O5/c1-13(2)29-21(26)12-19-17(16-5-3-4-6-18(16)24-19)11-20(25)23-15-9-7-14(8-10-15)22(27)28/h3-10,13,24H,11-12H2,1-2H3,(H,23,25)(H,27,28). The van der Waals surface area contributed by atoms with Gasteiger partial charge in [-0.1, -0.05) is 18.2 Å². The Bertz CT molecular complexity index is 1050. The van der Waals surface area contributed by atoms with Crippen molar-refractivity contribution in [2.24, 2.45) is 0 Å². The molecule has 0 spiro atoms. The van der Waals surface area contributed by atoms with Crippen molar-refractivity contribution in [3.05, 3.63) is 65.4 Å². The van der Waals surface area contributed by atoms with E-state index in [1.807, 2.05) is 24.3 Å². The van der Waals surface area contributed by atoms with E-state index < -0.39 is 5.97 Å². The van der Waals surface area contributed by atoms with Gasteiger partial charge < -0.3 is 20.1 Å². The van der Waals surface area contributed by atoms with E-state index in [4.69, 9.17) is 9.84 Å². The Morgan fingerprint density at radius 2 is 1.72 bits per heavy atom. The molecule has 0 radical (unpaired) electrons. The monoisotopic (exact) mass is 394 g/mol. The molecule has 0 saturated heterocycles. The summed E-state index contributed by atoms with van der Waals surface area (Å²) in [4.78, 5) is 38.9. The molecule has 1 amide bonds. The lowest BCUT2D eigenvalue weighted by atomic mass is 10.1. The number of rotatable bonds is 7. The third-order valence-corrected chi connectivity index (χ3v) is 4.34. The second kappa shape index (κ2) is 8.60. The summed E-state index contributed by atoms with van der Waals surface area (Å²) in [6.45, 7) is 3.57. The van der Waals surface area contributed by atoms with Gasteiger partial charge in [-0.3, -0.25) is 9.59 Å². The number of H-pyrrole nitrogens is 1. The number of carbonyl (C=O) groups excluding carboxylic acids is 2. The molecule has 7 heteroatoms. The fourth-order valence-electron chi connectivity index (χ4n) is 3.12. The predicted octanol–water partition coefficient (Wildman–Crippen LogP) is 3.54. The zero-order valence-corrected chi connectivity index (χ0v) is 16.2. The molecule has 1 aromatic heterocycles. The van der Waals surface area contributed by atoms with Crippen molar-refractivity contribution in [2.45, 2.75) is 32.8 Å². The largest absolute Gasteiger partial charge is 0.478 e. The van der Waals surface area contributed by atoms with E-state index in [9.17, 15) is 14.4 Å². The van der Waals surface area contributed by atoms with Crippen LogP contribution in [0.15, 0.2) is 48.5 Å². The van der Waals surface area contributed by atoms with Crippen LogP contribution >= 0.6 is 0 Å². The number of aromatic nitrogens is 1. The van der Waals surface area contributed by atoms with Gasteiger partial charge in [0.25, 0.3) is 0 Å². The minimum Gasteiger partial charge on any atom is -0.478 e. The van der Waals surface area contributed by atoms with Gasteiger partial charge in [-0.25, -0.2) is 4.79 Å². The highest BCUT2D eigenvalue weighted by molar-refractivity contribution is 5.97. The first-order chi connectivity index (χ1) is 13.8. The van der Waals surface area contributed by atoms with Gasteiger partial charge in [0.05, 0.1) is 24.5 Å². The van der Waals surface area contributed by atoms with Crippen LogP contribution < -0.4 is 5.32 Å². The highest BCUT2D eigenvalue weighted by atomic mass is 16.5. The number of aromatic amines is 1. The number of anilines is 1. The summed E-state index contributed by atoms with van der Waals surface area (Å²) in [6, 6.07) is 13.5. The molecule has 0 atom stereocenters. The van der Waals surface area contributed by atoms with Crippen LogP contribution in [-0.4, -0.2) is 34.0 Å². The Balaban J connectivity index is 1.80. The average Bonchev–Trinajstić information content (AvgIpc) is 2.98. The lowest BCUT2D eigenvalue weighted by Gasteiger charge is -2.09. The van der Waals surface area contributed by atoms with Crippen molar-refractivity contribution in [1.82, 2.24) is 4.98 Å². The van der Waals surface area contributed by atoms with Crippen molar-refractivity contribution in [3.8, 4) is 0 Å². The van der Waals surface area contributed by atoms with Crippen molar-refractivity contribution in [1.29, 1.82) is 0 Å². The Labute approximate surface area is 167 Å². The van der Waals surface area contributed by atoms with Crippen LogP contribution in [0, 0.1) is 0 Å². The summed E-state index contributed by atoms with van der Waals surface area (Å²) in [5.74, 6) is -1.66. The first kappa shape index (κ1) is 20.1. The number of carbonyl (C=O) groups is 3. The first-order valence-electron chi connectivity index (χ1n) is 9.24. The van der Waals surface area contributed by atoms with E-state index in [-0.39, 0.29) is 36.4 Å². The lowest BCUT2D eigenvalue weighted by molar-refractivity contribution is -0.146. The molecular formula is C22H22N2O5. The Morgan fingerprint density at radius 3 is 2.38 bits per heavy atom. The minimum atomic E-state index is -1.03. The van der Waals surface area contributed by atoms with Crippen LogP contribution in [0.1, 0.15) is 35.5 Å². The second-order valence-corrected chi connectivity index (χ2v) is 6.95. The maximum absolute atomic E-state index is 12.6. The van der Waals surface area contributed by atoms with Crippen molar-refractivity contribution in [3.63, 3.8) is 0 Å². The molecule has 7 nitrogen and oxygen atoms in total. The molecule has 0 aliphatic carbocycles. The molecular weight excluding hydrogens is 372 g/mol. The molecule has 0 unspecified atom stereocenters. The summed E-state index contributed by atoms with van der Waals surface area (Å²) in [7, 11) is 0. The number of esters is 1. The van der Waals surface area contributed by atoms with E-state index in [0.717, 1.165) is 16.5 Å². The molecule has 3 rings (SSSR count). The van der Waals surface area contributed by atoms with Crippen molar-refractivity contribution < 1.29 is 24.2 Å². The molecule has 0 aliphatic rings. The number of carboxylic acid groups (broad SMARTS) is 1. The molecule has 1 heterocycles. The normalized spacial score (nSPS) is 10.9. The molecule has 0 bridgehead atoms.